The minimum absolute atomic E-state index is 0.306. The molecule has 0 aliphatic carbocycles. The lowest BCUT2D eigenvalue weighted by molar-refractivity contribution is -0.138. The van der Waals surface area contributed by atoms with E-state index in [1.54, 1.807) is 13.0 Å². The Morgan fingerprint density at radius 3 is 2.53 bits per heavy atom. The zero-order valence-corrected chi connectivity index (χ0v) is 9.38. The topological polar surface area (TPSA) is 18.5 Å². The maximum atomic E-state index is 12.6. The van der Waals surface area contributed by atoms with E-state index in [0.717, 1.165) is 12.1 Å². The molecule has 1 aliphatic rings. The molecular weight excluding hydrogens is 233 g/mol. The van der Waals surface area contributed by atoms with E-state index < -0.39 is 17.8 Å². The zero-order valence-electron chi connectivity index (χ0n) is 9.38. The molecule has 17 heavy (non-hydrogen) atoms. The maximum Gasteiger partial charge on any atom is 0.416 e. The summed E-state index contributed by atoms with van der Waals surface area (Å²) in [6.45, 7) is 2.86. The Hall–Kier alpha value is -1.07. The van der Waals surface area contributed by atoms with Gasteiger partial charge in [0.15, 0.2) is 0 Å². The Morgan fingerprint density at radius 2 is 1.94 bits per heavy atom. The number of benzene rings is 1. The highest BCUT2D eigenvalue weighted by Crippen LogP contribution is 2.33. The summed E-state index contributed by atoms with van der Waals surface area (Å²) < 4.78 is 48.5. The second kappa shape index (κ2) is 4.66. The SMILES string of the molecule is Cc1cc(C2COCCO2)cc(C(F)(F)F)c1. The molecule has 0 spiro atoms. The smallest absolute Gasteiger partial charge is 0.376 e. The van der Waals surface area contributed by atoms with Crippen molar-refractivity contribution >= 4 is 0 Å². The largest absolute Gasteiger partial charge is 0.416 e. The number of hydrogen-bond acceptors (Lipinski definition) is 2. The average Bonchev–Trinajstić information content (AvgIpc) is 2.28. The van der Waals surface area contributed by atoms with Crippen LogP contribution in [0.25, 0.3) is 0 Å². The zero-order chi connectivity index (χ0) is 12.5. The Kier molecular flexibility index (Phi) is 3.40. The van der Waals surface area contributed by atoms with Crippen LogP contribution in [0.2, 0.25) is 0 Å². The average molecular weight is 246 g/mol. The summed E-state index contributed by atoms with van der Waals surface area (Å²) in [5.74, 6) is 0. The summed E-state index contributed by atoms with van der Waals surface area (Å²) in [4.78, 5) is 0. The van der Waals surface area contributed by atoms with Crippen molar-refractivity contribution in [1.29, 1.82) is 0 Å². The highest BCUT2D eigenvalue weighted by atomic mass is 19.4. The third-order valence-corrected chi connectivity index (χ3v) is 2.61. The third-order valence-electron chi connectivity index (χ3n) is 2.61. The van der Waals surface area contributed by atoms with Gasteiger partial charge in [0.1, 0.15) is 6.10 Å². The number of halogens is 3. The van der Waals surface area contributed by atoms with Crippen molar-refractivity contribution in [3.63, 3.8) is 0 Å². The van der Waals surface area contributed by atoms with Crippen molar-refractivity contribution in [2.45, 2.75) is 19.2 Å². The van der Waals surface area contributed by atoms with E-state index in [2.05, 4.69) is 0 Å². The van der Waals surface area contributed by atoms with Crippen LogP contribution in [0.5, 0.6) is 0 Å². The molecule has 1 aromatic rings. The predicted molar refractivity (Wildman–Crippen MR) is 55.7 cm³/mol. The molecule has 0 bridgehead atoms. The molecule has 2 rings (SSSR count). The van der Waals surface area contributed by atoms with Crippen LogP contribution in [0.15, 0.2) is 18.2 Å². The minimum Gasteiger partial charge on any atom is -0.376 e. The van der Waals surface area contributed by atoms with Gasteiger partial charge in [-0.15, -0.1) is 0 Å². The first-order chi connectivity index (χ1) is 7.97. The first-order valence-electron chi connectivity index (χ1n) is 5.35. The summed E-state index contributed by atoms with van der Waals surface area (Å²) >= 11 is 0. The fourth-order valence-electron chi connectivity index (χ4n) is 1.84. The van der Waals surface area contributed by atoms with Gasteiger partial charge in [-0.3, -0.25) is 0 Å². The van der Waals surface area contributed by atoms with Crippen molar-refractivity contribution in [3.05, 3.63) is 34.9 Å². The standard InChI is InChI=1S/C12H13F3O2/c1-8-4-9(11-7-16-2-3-17-11)6-10(5-8)12(13,14)15/h4-6,11H,2-3,7H2,1H3. The van der Waals surface area contributed by atoms with Gasteiger partial charge in [-0.1, -0.05) is 11.6 Å². The van der Waals surface area contributed by atoms with Gasteiger partial charge in [-0.2, -0.15) is 13.2 Å². The maximum absolute atomic E-state index is 12.6. The van der Waals surface area contributed by atoms with E-state index in [0.29, 0.717) is 30.9 Å². The van der Waals surface area contributed by atoms with E-state index in [9.17, 15) is 13.2 Å². The van der Waals surface area contributed by atoms with Gasteiger partial charge >= 0.3 is 6.18 Å². The summed E-state index contributed by atoms with van der Waals surface area (Å²) in [5.41, 5.74) is 0.461. The van der Waals surface area contributed by atoms with Crippen LogP contribution in [-0.4, -0.2) is 19.8 Å². The molecule has 0 amide bonds. The Balaban J connectivity index is 2.31. The first kappa shape index (κ1) is 12.4. The summed E-state index contributed by atoms with van der Waals surface area (Å²) in [6, 6.07) is 3.97. The fraction of sp³-hybridized carbons (Fsp3) is 0.500. The summed E-state index contributed by atoms with van der Waals surface area (Å²) in [6.07, 6.45) is -4.72. The molecule has 5 heteroatoms. The number of ether oxygens (including phenoxy) is 2. The van der Waals surface area contributed by atoms with Crippen molar-refractivity contribution in [1.82, 2.24) is 0 Å². The van der Waals surface area contributed by atoms with Crippen LogP contribution < -0.4 is 0 Å². The Bertz CT molecular complexity index is 395. The van der Waals surface area contributed by atoms with Crippen molar-refractivity contribution in [2.75, 3.05) is 19.8 Å². The van der Waals surface area contributed by atoms with Crippen LogP contribution in [-0.2, 0) is 15.7 Å². The molecule has 1 unspecified atom stereocenters. The number of aryl methyl sites for hydroxylation is 1. The first-order valence-corrected chi connectivity index (χ1v) is 5.35. The van der Waals surface area contributed by atoms with Crippen molar-refractivity contribution in [2.24, 2.45) is 0 Å². The highest BCUT2D eigenvalue weighted by Gasteiger charge is 2.31. The summed E-state index contributed by atoms with van der Waals surface area (Å²) in [5, 5.41) is 0. The van der Waals surface area contributed by atoms with Gasteiger partial charge < -0.3 is 9.47 Å². The van der Waals surface area contributed by atoms with Gasteiger partial charge in [0, 0.05) is 0 Å². The molecule has 1 heterocycles. The van der Waals surface area contributed by atoms with E-state index in [4.69, 9.17) is 9.47 Å². The molecule has 2 nitrogen and oxygen atoms in total. The van der Waals surface area contributed by atoms with Gasteiger partial charge in [0.05, 0.1) is 25.4 Å². The summed E-state index contributed by atoms with van der Waals surface area (Å²) in [7, 11) is 0. The van der Waals surface area contributed by atoms with Crippen molar-refractivity contribution < 1.29 is 22.6 Å². The van der Waals surface area contributed by atoms with Gasteiger partial charge in [0.2, 0.25) is 0 Å². The van der Waals surface area contributed by atoms with Crippen molar-refractivity contribution in [3.8, 4) is 0 Å². The molecule has 1 atom stereocenters. The lowest BCUT2D eigenvalue weighted by atomic mass is 10.0. The molecular formula is C12H13F3O2. The van der Waals surface area contributed by atoms with Gasteiger partial charge in [-0.25, -0.2) is 0 Å². The van der Waals surface area contributed by atoms with E-state index in [1.807, 2.05) is 0 Å². The quantitative estimate of drug-likeness (QED) is 0.758. The van der Waals surface area contributed by atoms with E-state index >= 15 is 0 Å². The third kappa shape index (κ3) is 2.98. The molecule has 1 fully saturated rings. The minimum atomic E-state index is -4.32. The van der Waals surface area contributed by atoms with E-state index in [1.165, 1.54) is 0 Å². The second-order valence-electron chi connectivity index (χ2n) is 4.06. The highest BCUT2D eigenvalue weighted by molar-refractivity contribution is 5.32. The second-order valence-corrected chi connectivity index (χ2v) is 4.06. The molecule has 1 saturated heterocycles. The molecule has 0 saturated carbocycles. The van der Waals surface area contributed by atoms with Crippen LogP contribution in [0, 0.1) is 6.92 Å². The monoisotopic (exact) mass is 246 g/mol. The number of alkyl halides is 3. The molecule has 94 valence electrons. The lowest BCUT2D eigenvalue weighted by Crippen LogP contribution is -2.22. The van der Waals surface area contributed by atoms with Gasteiger partial charge in [-0.05, 0) is 24.6 Å². The Labute approximate surface area is 97.3 Å². The van der Waals surface area contributed by atoms with Crippen LogP contribution >= 0.6 is 0 Å². The normalized spacial score (nSPS) is 21.5. The molecule has 0 aromatic heterocycles. The predicted octanol–water partition coefficient (Wildman–Crippen LogP) is 3.10. The molecule has 1 aliphatic heterocycles. The van der Waals surface area contributed by atoms with Gasteiger partial charge in [0.25, 0.3) is 0 Å². The Morgan fingerprint density at radius 1 is 1.18 bits per heavy atom. The lowest BCUT2D eigenvalue weighted by Gasteiger charge is -2.24. The van der Waals surface area contributed by atoms with E-state index in [-0.39, 0.29) is 0 Å². The van der Waals surface area contributed by atoms with Crippen LogP contribution in [0.4, 0.5) is 13.2 Å². The molecule has 0 radical (unpaired) electrons. The fourth-order valence-corrected chi connectivity index (χ4v) is 1.84. The van der Waals surface area contributed by atoms with Crippen LogP contribution in [0.3, 0.4) is 0 Å². The molecule has 0 N–H and O–H groups in total. The van der Waals surface area contributed by atoms with Crippen LogP contribution in [0.1, 0.15) is 22.8 Å². The number of hydrogen-bond donors (Lipinski definition) is 0. The molecule has 1 aromatic carbocycles. The number of rotatable bonds is 1.